The number of anilines is 1. The molecule has 0 saturated heterocycles. The number of hydrogen-bond donors (Lipinski definition) is 1. The summed E-state index contributed by atoms with van der Waals surface area (Å²) in [7, 11) is 1.15. The minimum atomic E-state index is -0.775. The number of non-ortho nitro benzene ring substituents is 1. The van der Waals surface area contributed by atoms with E-state index in [1.54, 1.807) is 17.7 Å². The monoisotopic (exact) mass is 380 g/mol. The van der Waals surface area contributed by atoms with E-state index in [2.05, 4.69) is 15.2 Å². The van der Waals surface area contributed by atoms with E-state index in [1.807, 2.05) is 30.3 Å². The second-order valence-corrected chi connectivity index (χ2v) is 5.89. The Morgan fingerprint density at radius 3 is 2.43 bits per heavy atom. The number of nitro benzene ring substituents is 1. The van der Waals surface area contributed by atoms with Crippen LogP contribution in [0.5, 0.6) is 0 Å². The van der Waals surface area contributed by atoms with Crippen LogP contribution in [0, 0.1) is 17.0 Å². The number of nitrogens with one attached hydrogen (secondary N) is 1. The van der Waals surface area contributed by atoms with E-state index < -0.39 is 16.8 Å². The molecule has 142 valence electrons. The molecule has 0 spiro atoms. The molecule has 28 heavy (non-hydrogen) atoms. The van der Waals surface area contributed by atoms with Gasteiger partial charge in [-0.1, -0.05) is 18.2 Å². The molecule has 3 aromatic rings. The molecule has 1 aromatic heterocycles. The lowest BCUT2D eigenvalue weighted by atomic mass is 10.1. The number of methoxy groups -OCH3 is 1. The van der Waals surface area contributed by atoms with Gasteiger partial charge in [-0.2, -0.15) is 5.10 Å². The number of aryl methyl sites for hydroxylation is 1. The number of carbonyl (C=O) groups excluding carboxylic acids is 2. The third-order valence-corrected chi connectivity index (χ3v) is 3.89. The second kappa shape index (κ2) is 7.70. The Hall–Kier alpha value is -4.01. The van der Waals surface area contributed by atoms with Gasteiger partial charge in [0.2, 0.25) is 0 Å². The number of para-hydroxylation sites is 1. The Morgan fingerprint density at radius 2 is 1.79 bits per heavy atom. The zero-order valence-corrected chi connectivity index (χ0v) is 15.1. The molecular formula is C19H16N4O5. The Bertz CT molecular complexity index is 1060. The van der Waals surface area contributed by atoms with Gasteiger partial charge in [-0.05, 0) is 25.1 Å². The summed E-state index contributed by atoms with van der Waals surface area (Å²) in [6.07, 6.45) is 0. The van der Waals surface area contributed by atoms with Crippen molar-refractivity contribution in [2.24, 2.45) is 0 Å². The van der Waals surface area contributed by atoms with Crippen LogP contribution in [-0.4, -0.2) is 33.7 Å². The highest BCUT2D eigenvalue weighted by molar-refractivity contribution is 6.06. The summed E-state index contributed by atoms with van der Waals surface area (Å²) in [6.45, 7) is 1.78. The van der Waals surface area contributed by atoms with Crippen molar-refractivity contribution in [1.82, 2.24) is 9.78 Å². The zero-order valence-electron chi connectivity index (χ0n) is 15.1. The average Bonchev–Trinajstić information content (AvgIpc) is 3.07. The highest BCUT2D eigenvalue weighted by Gasteiger charge is 2.19. The van der Waals surface area contributed by atoms with Crippen LogP contribution in [0.4, 0.5) is 11.5 Å². The number of nitrogens with zero attached hydrogens (tertiary/aromatic N) is 3. The second-order valence-electron chi connectivity index (χ2n) is 5.89. The first-order valence-corrected chi connectivity index (χ1v) is 8.20. The number of rotatable bonds is 5. The first-order chi connectivity index (χ1) is 13.4. The molecule has 9 nitrogen and oxygen atoms in total. The first kappa shape index (κ1) is 18.8. The van der Waals surface area contributed by atoms with E-state index >= 15 is 0 Å². The zero-order chi connectivity index (χ0) is 20.3. The van der Waals surface area contributed by atoms with Gasteiger partial charge in [-0.25, -0.2) is 9.48 Å². The first-order valence-electron chi connectivity index (χ1n) is 8.20. The minimum absolute atomic E-state index is 0.0481. The Labute approximate surface area is 159 Å². The number of carbonyl (C=O) groups is 2. The van der Waals surface area contributed by atoms with Gasteiger partial charge in [0.25, 0.3) is 11.6 Å². The molecular weight excluding hydrogens is 364 g/mol. The smallest absolute Gasteiger partial charge is 0.338 e. The van der Waals surface area contributed by atoms with Crippen molar-refractivity contribution in [3.63, 3.8) is 0 Å². The van der Waals surface area contributed by atoms with E-state index in [0.29, 0.717) is 11.5 Å². The fraction of sp³-hybridized carbons (Fsp3) is 0.105. The maximum Gasteiger partial charge on any atom is 0.338 e. The maximum atomic E-state index is 12.7. The molecule has 1 amide bonds. The van der Waals surface area contributed by atoms with Crippen molar-refractivity contribution in [3.8, 4) is 5.69 Å². The SMILES string of the molecule is COC(=O)c1cc(C(=O)Nc2cc(C)nn2-c2ccccc2)cc([N+](=O)[O-])c1. The molecule has 2 aromatic carbocycles. The lowest BCUT2D eigenvalue weighted by molar-refractivity contribution is -0.384. The molecule has 1 heterocycles. The van der Waals surface area contributed by atoms with Gasteiger partial charge in [0, 0.05) is 23.8 Å². The van der Waals surface area contributed by atoms with Crippen molar-refractivity contribution in [3.05, 3.63) is 81.5 Å². The summed E-state index contributed by atoms with van der Waals surface area (Å²) in [5, 5.41) is 18.2. The normalized spacial score (nSPS) is 10.4. The molecule has 0 saturated carbocycles. The number of nitro groups is 1. The van der Waals surface area contributed by atoms with Crippen LogP contribution in [0.25, 0.3) is 5.69 Å². The fourth-order valence-electron chi connectivity index (χ4n) is 2.63. The molecule has 0 unspecified atom stereocenters. The number of amides is 1. The third kappa shape index (κ3) is 3.88. The lowest BCUT2D eigenvalue weighted by Gasteiger charge is -2.09. The number of hydrogen-bond acceptors (Lipinski definition) is 6. The van der Waals surface area contributed by atoms with Crippen molar-refractivity contribution < 1.29 is 19.2 Å². The van der Waals surface area contributed by atoms with Crippen LogP contribution < -0.4 is 5.32 Å². The summed E-state index contributed by atoms with van der Waals surface area (Å²) < 4.78 is 6.14. The predicted octanol–water partition coefficient (Wildman–Crippen LogP) is 3.13. The minimum Gasteiger partial charge on any atom is -0.465 e. The number of aromatic nitrogens is 2. The van der Waals surface area contributed by atoms with Gasteiger partial charge in [-0.3, -0.25) is 14.9 Å². The van der Waals surface area contributed by atoms with Gasteiger partial charge in [0.15, 0.2) is 0 Å². The maximum absolute atomic E-state index is 12.7. The molecule has 0 aliphatic rings. The fourth-order valence-corrected chi connectivity index (χ4v) is 2.63. The highest BCUT2D eigenvalue weighted by atomic mass is 16.6. The van der Waals surface area contributed by atoms with Crippen molar-refractivity contribution in [2.75, 3.05) is 12.4 Å². The van der Waals surface area contributed by atoms with Gasteiger partial charge < -0.3 is 10.1 Å². The molecule has 0 atom stereocenters. The van der Waals surface area contributed by atoms with Gasteiger partial charge >= 0.3 is 5.97 Å². The van der Waals surface area contributed by atoms with Crippen LogP contribution in [-0.2, 0) is 4.74 Å². The van der Waals surface area contributed by atoms with Gasteiger partial charge in [0.1, 0.15) is 5.82 Å². The number of benzene rings is 2. The van der Waals surface area contributed by atoms with E-state index in [9.17, 15) is 19.7 Å². The Balaban J connectivity index is 1.97. The van der Waals surface area contributed by atoms with E-state index in [1.165, 1.54) is 6.07 Å². The van der Waals surface area contributed by atoms with Crippen LogP contribution in [0.2, 0.25) is 0 Å². The summed E-state index contributed by atoms with van der Waals surface area (Å²) in [6, 6.07) is 14.2. The van der Waals surface area contributed by atoms with Gasteiger partial charge in [-0.15, -0.1) is 0 Å². The van der Waals surface area contributed by atoms with E-state index in [0.717, 1.165) is 24.9 Å². The summed E-state index contributed by atoms with van der Waals surface area (Å²) in [5.74, 6) is -1.01. The van der Waals surface area contributed by atoms with E-state index in [-0.39, 0.29) is 16.8 Å². The van der Waals surface area contributed by atoms with Crippen molar-refractivity contribution in [2.45, 2.75) is 6.92 Å². The van der Waals surface area contributed by atoms with Crippen LogP contribution in [0.3, 0.4) is 0 Å². The quantitative estimate of drug-likeness (QED) is 0.413. The molecule has 0 aliphatic heterocycles. The Morgan fingerprint density at radius 1 is 1.11 bits per heavy atom. The van der Waals surface area contributed by atoms with Crippen LogP contribution in [0.15, 0.2) is 54.6 Å². The molecule has 3 rings (SSSR count). The summed E-state index contributed by atoms with van der Waals surface area (Å²) in [5.41, 5.74) is 0.886. The standard InChI is InChI=1S/C19H16N4O5/c1-12-8-17(22(21-12)15-6-4-3-5-7-15)20-18(24)13-9-14(19(25)28-2)11-16(10-13)23(26)27/h3-11H,1-2H3,(H,20,24). The number of ether oxygens (including phenoxy) is 1. The Kier molecular flexibility index (Phi) is 5.16. The van der Waals surface area contributed by atoms with Crippen molar-refractivity contribution >= 4 is 23.4 Å². The molecule has 0 aliphatic carbocycles. The van der Waals surface area contributed by atoms with Gasteiger partial charge in [0.05, 0.1) is 29.0 Å². The molecule has 0 bridgehead atoms. The summed E-state index contributed by atoms with van der Waals surface area (Å²) >= 11 is 0. The third-order valence-electron chi connectivity index (χ3n) is 3.89. The topological polar surface area (TPSA) is 116 Å². The lowest BCUT2D eigenvalue weighted by Crippen LogP contribution is -2.16. The average molecular weight is 380 g/mol. The summed E-state index contributed by atoms with van der Waals surface area (Å²) in [4.78, 5) is 35.0. The van der Waals surface area contributed by atoms with Crippen LogP contribution in [0.1, 0.15) is 26.4 Å². The molecule has 0 radical (unpaired) electrons. The van der Waals surface area contributed by atoms with Crippen molar-refractivity contribution in [1.29, 1.82) is 0 Å². The predicted molar refractivity (Wildman–Crippen MR) is 101 cm³/mol. The molecule has 9 heteroatoms. The largest absolute Gasteiger partial charge is 0.465 e. The molecule has 1 N–H and O–H groups in total. The van der Waals surface area contributed by atoms with E-state index in [4.69, 9.17) is 0 Å². The highest BCUT2D eigenvalue weighted by Crippen LogP contribution is 2.21. The number of esters is 1. The van der Waals surface area contributed by atoms with Crippen LogP contribution >= 0.6 is 0 Å². The molecule has 0 fully saturated rings.